The van der Waals surface area contributed by atoms with E-state index in [1.54, 1.807) is 44.2 Å². The van der Waals surface area contributed by atoms with Crippen molar-refractivity contribution in [3.05, 3.63) is 79.8 Å². The molecule has 0 aliphatic rings. The lowest BCUT2D eigenvalue weighted by Gasteiger charge is -2.16. The van der Waals surface area contributed by atoms with Crippen molar-refractivity contribution in [3.63, 3.8) is 0 Å². The molecule has 0 aliphatic carbocycles. The Bertz CT molecular complexity index is 1320. The Morgan fingerprint density at radius 2 is 1.83 bits per heavy atom. The van der Waals surface area contributed by atoms with Crippen LogP contribution in [0.3, 0.4) is 0 Å². The van der Waals surface area contributed by atoms with Crippen LogP contribution < -0.4 is 21.4 Å². The number of Topliss-reactive ketones (excluding diaryl/α,β-unsaturated/α-hetero) is 1. The first-order valence-corrected chi connectivity index (χ1v) is 12.3. The first-order valence-electron chi connectivity index (χ1n) is 11.9. The Morgan fingerprint density at radius 3 is 2.47 bits per heavy atom. The molecule has 1 heterocycles. The van der Waals surface area contributed by atoms with Crippen molar-refractivity contribution in [2.24, 2.45) is 0 Å². The first-order chi connectivity index (χ1) is 17.2. The highest BCUT2D eigenvalue weighted by Crippen LogP contribution is 2.24. The van der Waals surface area contributed by atoms with E-state index in [1.165, 1.54) is 16.7 Å². The maximum atomic E-state index is 14.5. The van der Waals surface area contributed by atoms with Crippen molar-refractivity contribution in [2.75, 3.05) is 5.32 Å². The van der Waals surface area contributed by atoms with Gasteiger partial charge < -0.3 is 10.1 Å². The van der Waals surface area contributed by atoms with Gasteiger partial charge in [-0.05, 0) is 56.5 Å². The van der Waals surface area contributed by atoms with Crippen molar-refractivity contribution in [1.82, 2.24) is 14.1 Å². The molecule has 0 aliphatic heterocycles. The second-order valence-corrected chi connectivity index (χ2v) is 9.13. The summed E-state index contributed by atoms with van der Waals surface area (Å²) >= 11 is 5.98. The highest BCUT2D eigenvalue weighted by atomic mass is 35.5. The summed E-state index contributed by atoms with van der Waals surface area (Å²) in [6.45, 7) is 5.66. The van der Waals surface area contributed by atoms with Gasteiger partial charge in [0.2, 0.25) is 5.95 Å². The predicted molar refractivity (Wildman–Crippen MR) is 138 cm³/mol. The number of anilines is 2. The molecule has 2 aromatic carbocycles. The number of ether oxygens (including phenoxy) is 1. The van der Waals surface area contributed by atoms with Crippen molar-refractivity contribution < 1.29 is 13.9 Å². The fourth-order valence-corrected chi connectivity index (χ4v) is 3.75. The lowest BCUT2D eigenvalue weighted by Crippen LogP contribution is -2.42. The lowest BCUT2D eigenvalue weighted by atomic mass is 10.1. The second kappa shape index (κ2) is 12.5. The summed E-state index contributed by atoms with van der Waals surface area (Å²) in [5, 5.41) is 3.43. The summed E-state index contributed by atoms with van der Waals surface area (Å²) in [4.78, 5) is 42.0. The Kier molecular flexibility index (Phi) is 9.41. The lowest BCUT2D eigenvalue weighted by molar-refractivity contribution is -0.119. The molecule has 192 valence electrons. The Balaban J connectivity index is 1.95. The summed E-state index contributed by atoms with van der Waals surface area (Å²) in [6.07, 6.45) is 1.65. The van der Waals surface area contributed by atoms with Gasteiger partial charge in [0, 0.05) is 36.2 Å². The van der Waals surface area contributed by atoms with Gasteiger partial charge >= 0.3 is 11.4 Å². The standard InChI is InChI=1S/C26H30ClFN4O4/c1-4-6-21(33)7-5-14-31-25(34)30-24(29-20-12-13-23(22(28)15-20)36-17(2)3)32(26(31)35)16-18-8-10-19(27)11-9-18/h8-13,15,17H,4-7,14,16H2,1-3H3,(H,29,30,34). The van der Waals surface area contributed by atoms with E-state index in [0.29, 0.717) is 23.6 Å². The van der Waals surface area contributed by atoms with Crippen LogP contribution in [-0.2, 0) is 17.9 Å². The summed E-state index contributed by atoms with van der Waals surface area (Å²) < 4.78 is 22.3. The minimum atomic E-state index is -0.752. The first kappa shape index (κ1) is 27.1. The number of halogens is 2. The third-order valence-electron chi connectivity index (χ3n) is 5.32. The number of aromatic nitrogens is 3. The van der Waals surface area contributed by atoms with Gasteiger partial charge in [0.05, 0.1) is 12.6 Å². The predicted octanol–water partition coefficient (Wildman–Crippen LogP) is 4.93. The molecule has 0 fully saturated rings. The van der Waals surface area contributed by atoms with Crippen LogP contribution in [0.5, 0.6) is 5.75 Å². The van der Waals surface area contributed by atoms with Crippen LogP contribution in [0.4, 0.5) is 16.0 Å². The highest BCUT2D eigenvalue weighted by molar-refractivity contribution is 6.30. The number of hydrogen-bond acceptors (Lipinski definition) is 6. The summed E-state index contributed by atoms with van der Waals surface area (Å²) in [5.41, 5.74) is -0.294. The van der Waals surface area contributed by atoms with Crippen molar-refractivity contribution in [3.8, 4) is 5.75 Å². The monoisotopic (exact) mass is 516 g/mol. The summed E-state index contributed by atoms with van der Waals surface area (Å²) in [6, 6.07) is 11.2. The number of carbonyl (C=O) groups is 1. The van der Waals surface area contributed by atoms with Crippen LogP contribution in [0.25, 0.3) is 0 Å². The number of rotatable bonds is 12. The van der Waals surface area contributed by atoms with Gasteiger partial charge in [0.1, 0.15) is 5.78 Å². The molecule has 0 atom stereocenters. The molecular weight excluding hydrogens is 487 g/mol. The van der Waals surface area contributed by atoms with Gasteiger partial charge in [-0.2, -0.15) is 4.98 Å². The van der Waals surface area contributed by atoms with E-state index < -0.39 is 17.2 Å². The van der Waals surface area contributed by atoms with E-state index in [-0.39, 0.29) is 43.1 Å². The van der Waals surface area contributed by atoms with Gasteiger partial charge in [-0.25, -0.2) is 18.5 Å². The minimum Gasteiger partial charge on any atom is -0.488 e. The number of nitrogens with one attached hydrogen (secondary N) is 1. The van der Waals surface area contributed by atoms with E-state index >= 15 is 0 Å². The number of nitrogens with zero attached hydrogens (tertiary/aromatic N) is 3. The summed E-state index contributed by atoms with van der Waals surface area (Å²) in [5.74, 6) is -0.444. The van der Waals surface area contributed by atoms with Crippen molar-refractivity contribution in [2.45, 2.75) is 65.6 Å². The van der Waals surface area contributed by atoms with Crippen LogP contribution >= 0.6 is 11.6 Å². The van der Waals surface area contributed by atoms with Crippen LogP contribution in [0.1, 0.15) is 52.0 Å². The quantitative estimate of drug-likeness (QED) is 0.367. The zero-order valence-electron chi connectivity index (χ0n) is 20.6. The van der Waals surface area contributed by atoms with Gasteiger partial charge in [-0.3, -0.25) is 9.36 Å². The van der Waals surface area contributed by atoms with E-state index in [9.17, 15) is 18.8 Å². The van der Waals surface area contributed by atoms with Crippen LogP contribution in [-0.4, -0.2) is 26.0 Å². The second-order valence-electron chi connectivity index (χ2n) is 8.69. The molecule has 1 aromatic heterocycles. The normalized spacial score (nSPS) is 11.1. The van der Waals surface area contributed by atoms with Crippen LogP contribution in [0, 0.1) is 5.82 Å². The molecule has 3 rings (SSSR count). The van der Waals surface area contributed by atoms with Gasteiger partial charge in [-0.15, -0.1) is 0 Å². The van der Waals surface area contributed by atoms with Crippen LogP contribution in [0.15, 0.2) is 52.1 Å². The molecule has 0 bridgehead atoms. The zero-order valence-corrected chi connectivity index (χ0v) is 21.3. The zero-order chi connectivity index (χ0) is 26.2. The molecule has 0 amide bonds. The Labute approximate surface area is 213 Å². The van der Waals surface area contributed by atoms with E-state index in [4.69, 9.17) is 16.3 Å². The molecule has 0 spiro atoms. The van der Waals surface area contributed by atoms with E-state index in [0.717, 1.165) is 16.6 Å². The molecule has 0 radical (unpaired) electrons. The molecule has 10 heteroatoms. The van der Waals surface area contributed by atoms with Crippen molar-refractivity contribution >= 4 is 29.0 Å². The third kappa shape index (κ3) is 7.27. The maximum Gasteiger partial charge on any atom is 0.354 e. The molecule has 0 saturated heterocycles. The average Bonchev–Trinajstić information content (AvgIpc) is 2.81. The van der Waals surface area contributed by atoms with Gasteiger partial charge in [0.25, 0.3) is 0 Å². The molecule has 36 heavy (non-hydrogen) atoms. The fourth-order valence-electron chi connectivity index (χ4n) is 3.63. The Morgan fingerprint density at radius 1 is 1.11 bits per heavy atom. The molecule has 3 aromatic rings. The van der Waals surface area contributed by atoms with Gasteiger partial charge in [0.15, 0.2) is 11.6 Å². The number of ketones is 1. The Hall–Kier alpha value is -3.46. The third-order valence-corrected chi connectivity index (χ3v) is 5.57. The molecule has 8 nitrogen and oxygen atoms in total. The topological polar surface area (TPSA) is 95.2 Å². The highest BCUT2D eigenvalue weighted by Gasteiger charge is 2.16. The number of hydrogen-bond donors (Lipinski definition) is 1. The number of benzene rings is 2. The fraction of sp³-hybridized carbons (Fsp3) is 0.385. The molecule has 0 unspecified atom stereocenters. The van der Waals surface area contributed by atoms with E-state index in [1.807, 2.05) is 6.92 Å². The maximum absolute atomic E-state index is 14.5. The number of carbonyl (C=O) groups excluding carboxylic acids is 1. The summed E-state index contributed by atoms with van der Waals surface area (Å²) in [7, 11) is 0. The van der Waals surface area contributed by atoms with E-state index in [2.05, 4.69) is 10.3 Å². The van der Waals surface area contributed by atoms with Crippen LogP contribution in [0.2, 0.25) is 5.02 Å². The van der Waals surface area contributed by atoms with Gasteiger partial charge in [-0.1, -0.05) is 30.7 Å². The SMILES string of the molecule is CCCC(=O)CCCn1c(=O)nc(Nc2ccc(OC(C)C)c(F)c2)n(Cc2ccc(Cl)cc2)c1=O. The average molecular weight is 517 g/mol. The smallest absolute Gasteiger partial charge is 0.354 e. The molecule has 1 N–H and O–H groups in total. The molecular formula is C26H30ClFN4O4. The molecule has 0 saturated carbocycles. The van der Waals surface area contributed by atoms with Crippen molar-refractivity contribution in [1.29, 1.82) is 0 Å². The largest absolute Gasteiger partial charge is 0.488 e. The minimum absolute atomic E-state index is 0.0322.